The summed E-state index contributed by atoms with van der Waals surface area (Å²) in [5, 5.41) is 8.85. The van der Waals surface area contributed by atoms with Crippen molar-refractivity contribution in [2.45, 2.75) is 38.5 Å². The highest BCUT2D eigenvalue weighted by molar-refractivity contribution is 7.89. The number of nitriles is 1. The van der Waals surface area contributed by atoms with Crippen LogP contribution in [-0.4, -0.2) is 15.0 Å². The van der Waals surface area contributed by atoms with Gasteiger partial charge in [-0.1, -0.05) is 32.8 Å². The Morgan fingerprint density at radius 2 is 1.95 bits per heavy atom. The molecule has 4 nitrogen and oxygen atoms in total. The molecule has 104 valence electrons. The Hall–Kier alpha value is -1.38. The molecule has 0 aliphatic rings. The highest BCUT2D eigenvalue weighted by Gasteiger charge is 2.18. The van der Waals surface area contributed by atoms with E-state index in [-0.39, 0.29) is 4.90 Å². The fourth-order valence-electron chi connectivity index (χ4n) is 1.84. The second-order valence-electron chi connectivity index (χ2n) is 4.63. The molecule has 0 radical (unpaired) electrons. The number of sulfonamides is 1. The van der Waals surface area contributed by atoms with Gasteiger partial charge in [-0.25, -0.2) is 13.1 Å². The summed E-state index contributed by atoms with van der Waals surface area (Å²) in [6, 6.07) is 6.66. The topological polar surface area (TPSA) is 70.0 Å². The van der Waals surface area contributed by atoms with E-state index in [0.29, 0.717) is 23.6 Å². The molecule has 0 aliphatic heterocycles. The van der Waals surface area contributed by atoms with E-state index >= 15 is 0 Å². The smallest absolute Gasteiger partial charge is 0.211 e. The second-order valence-corrected chi connectivity index (χ2v) is 6.36. The minimum Gasteiger partial charge on any atom is -0.211 e. The minimum atomic E-state index is -3.54. The summed E-state index contributed by atoms with van der Waals surface area (Å²) in [7, 11) is -3.54. The highest BCUT2D eigenvalue weighted by atomic mass is 32.2. The van der Waals surface area contributed by atoms with Crippen LogP contribution in [0.2, 0.25) is 0 Å². The van der Waals surface area contributed by atoms with E-state index in [1.54, 1.807) is 19.1 Å². The van der Waals surface area contributed by atoms with Crippen LogP contribution in [0.25, 0.3) is 0 Å². The number of nitrogens with one attached hydrogen (secondary N) is 1. The first-order valence-corrected chi connectivity index (χ1v) is 7.93. The van der Waals surface area contributed by atoms with Gasteiger partial charge in [0.2, 0.25) is 10.0 Å². The molecule has 1 rings (SSSR count). The SMILES string of the molecule is CCC(CC)CNS(=O)(=O)c1cc(C#N)ccc1C. The lowest BCUT2D eigenvalue weighted by atomic mass is 10.0. The molecule has 0 saturated carbocycles. The normalized spacial score (nSPS) is 11.5. The Morgan fingerprint density at radius 1 is 1.32 bits per heavy atom. The van der Waals surface area contributed by atoms with Crippen molar-refractivity contribution < 1.29 is 8.42 Å². The molecule has 19 heavy (non-hydrogen) atoms. The zero-order valence-corrected chi connectivity index (χ0v) is 12.4. The molecule has 5 heteroatoms. The number of benzene rings is 1. The minimum absolute atomic E-state index is 0.192. The van der Waals surface area contributed by atoms with E-state index in [0.717, 1.165) is 12.8 Å². The molecule has 0 unspecified atom stereocenters. The summed E-state index contributed by atoms with van der Waals surface area (Å²) in [5.41, 5.74) is 1.00. The van der Waals surface area contributed by atoms with Gasteiger partial charge in [0.15, 0.2) is 0 Å². The third kappa shape index (κ3) is 4.05. The Balaban J connectivity index is 2.98. The molecule has 0 fully saturated rings. The van der Waals surface area contributed by atoms with E-state index in [4.69, 9.17) is 5.26 Å². The molecule has 0 aliphatic carbocycles. The molecule has 0 spiro atoms. The number of nitrogens with zero attached hydrogens (tertiary/aromatic N) is 1. The maximum absolute atomic E-state index is 12.2. The van der Waals surface area contributed by atoms with Crippen molar-refractivity contribution in [2.75, 3.05) is 6.54 Å². The summed E-state index contributed by atoms with van der Waals surface area (Å²) < 4.78 is 27.1. The van der Waals surface area contributed by atoms with Gasteiger partial charge >= 0.3 is 0 Å². The van der Waals surface area contributed by atoms with Gasteiger partial charge in [0.25, 0.3) is 0 Å². The van der Waals surface area contributed by atoms with Crippen molar-refractivity contribution in [3.05, 3.63) is 29.3 Å². The van der Waals surface area contributed by atoms with Crippen LogP contribution in [0.4, 0.5) is 0 Å². The summed E-state index contributed by atoms with van der Waals surface area (Å²) in [6.45, 7) is 6.26. The number of hydrogen-bond acceptors (Lipinski definition) is 3. The maximum Gasteiger partial charge on any atom is 0.240 e. The standard InChI is InChI=1S/C14H20N2O2S/c1-4-12(5-2)10-16-19(17,18)14-8-13(9-15)7-6-11(14)3/h6-8,12,16H,4-5,10H2,1-3H3. The van der Waals surface area contributed by atoms with Gasteiger partial charge in [-0.3, -0.25) is 0 Å². The van der Waals surface area contributed by atoms with Crippen LogP contribution in [0.15, 0.2) is 23.1 Å². The second kappa shape index (κ2) is 6.69. The summed E-state index contributed by atoms with van der Waals surface area (Å²) in [4.78, 5) is 0.192. The lowest BCUT2D eigenvalue weighted by molar-refractivity contribution is 0.479. The van der Waals surface area contributed by atoms with Gasteiger partial charge in [-0.2, -0.15) is 5.26 Å². The molecule has 0 amide bonds. The van der Waals surface area contributed by atoms with Gasteiger partial charge in [0.1, 0.15) is 0 Å². The molecule has 0 aromatic heterocycles. The average molecular weight is 280 g/mol. The Bertz CT molecular complexity index is 570. The van der Waals surface area contributed by atoms with Crippen molar-refractivity contribution in [3.63, 3.8) is 0 Å². The molecular weight excluding hydrogens is 260 g/mol. The van der Waals surface area contributed by atoms with Crippen molar-refractivity contribution in [1.82, 2.24) is 4.72 Å². The van der Waals surface area contributed by atoms with Crippen molar-refractivity contribution in [2.24, 2.45) is 5.92 Å². The first-order valence-electron chi connectivity index (χ1n) is 6.45. The quantitative estimate of drug-likeness (QED) is 0.870. The predicted octanol–water partition coefficient (Wildman–Crippen LogP) is 2.58. The number of aryl methyl sites for hydroxylation is 1. The van der Waals surface area contributed by atoms with Crippen molar-refractivity contribution >= 4 is 10.0 Å². The van der Waals surface area contributed by atoms with E-state index in [9.17, 15) is 8.42 Å². The largest absolute Gasteiger partial charge is 0.240 e. The predicted molar refractivity (Wildman–Crippen MR) is 75.2 cm³/mol. The molecule has 0 saturated heterocycles. The van der Waals surface area contributed by atoms with Crippen LogP contribution < -0.4 is 4.72 Å². The first kappa shape index (κ1) is 15.7. The van der Waals surface area contributed by atoms with Crippen molar-refractivity contribution in [1.29, 1.82) is 5.26 Å². The van der Waals surface area contributed by atoms with Crippen molar-refractivity contribution in [3.8, 4) is 6.07 Å². The summed E-state index contributed by atoms with van der Waals surface area (Å²) >= 11 is 0. The third-order valence-corrected chi connectivity index (χ3v) is 4.89. The van der Waals surface area contributed by atoms with E-state index < -0.39 is 10.0 Å². The number of hydrogen-bond donors (Lipinski definition) is 1. The zero-order valence-electron chi connectivity index (χ0n) is 11.6. The van der Waals surface area contributed by atoms with Crippen LogP contribution >= 0.6 is 0 Å². The molecule has 1 aromatic carbocycles. The average Bonchev–Trinajstić information content (AvgIpc) is 2.40. The van der Waals surface area contributed by atoms with Gasteiger partial charge in [0, 0.05) is 6.54 Å². The Kier molecular flexibility index (Phi) is 5.52. The van der Waals surface area contributed by atoms with Crippen LogP contribution in [0.1, 0.15) is 37.8 Å². The van der Waals surface area contributed by atoms with Gasteiger partial charge in [-0.15, -0.1) is 0 Å². The van der Waals surface area contributed by atoms with Crippen LogP contribution in [0.5, 0.6) is 0 Å². The fourth-order valence-corrected chi connectivity index (χ4v) is 3.23. The lowest BCUT2D eigenvalue weighted by Crippen LogP contribution is -2.29. The van der Waals surface area contributed by atoms with E-state index in [2.05, 4.69) is 4.72 Å². The maximum atomic E-state index is 12.2. The Morgan fingerprint density at radius 3 is 2.47 bits per heavy atom. The Labute approximate surface area is 115 Å². The number of rotatable bonds is 6. The zero-order chi connectivity index (χ0) is 14.5. The van der Waals surface area contributed by atoms with Gasteiger partial charge in [-0.05, 0) is 30.5 Å². The van der Waals surface area contributed by atoms with Crippen LogP contribution in [-0.2, 0) is 10.0 Å². The third-order valence-electron chi connectivity index (χ3n) is 3.32. The molecule has 0 heterocycles. The van der Waals surface area contributed by atoms with E-state index in [1.807, 2.05) is 19.9 Å². The summed E-state index contributed by atoms with van der Waals surface area (Å²) in [5.74, 6) is 0.342. The molecule has 1 N–H and O–H groups in total. The molecule has 1 aromatic rings. The van der Waals surface area contributed by atoms with E-state index in [1.165, 1.54) is 6.07 Å². The van der Waals surface area contributed by atoms with Crippen LogP contribution in [0.3, 0.4) is 0 Å². The van der Waals surface area contributed by atoms with Gasteiger partial charge < -0.3 is 0 Å². The fraction of sp³-hybridized carbons (Fsp3) is 0.500. The first-order chi connectivity index (χ1) is 8.94. The van der Waals surface area contributed by atoms with Crippen LogP contribution in [0, 0.1) is 24.2 Å². The highest BCUT2D eigenvalue weighted by Crippen LogP contribution is 2.17. The van der Waals surface area contributed by atoms with Gasteiger partial charge in [0.05, 0.1) is 16.5 Å². The lowest BCUT2D eigenvalue weighted by Gasteiger charge is -2.14. The monoisotopic (exact) mass is 280 g/mol. The summed E-state index contributed by atoms with van der Waals surface area (Å²) in [6.07, 6.45) is 1.88. The molecular formula is C14H20N2O2S. The molecule has 0 bridgehead atoms. The molecule has 0 atom stereocenters.